The van der Waals surface area contributed by atoms with Crippen LogP contribution in [0.3, 0.4) is 0 Å². The number of aromatic amines is 1. The molecular weight excluding hydrogens is 1990 g/mol. The molecule has 0 aliphatic carbocycles. The molecule has 20 aromatic rings. The first-order valence-corrected chi connectivity index (χ1v) is 47.1. The number of methoxy groups -OCH3 is 1. The molecule has 0 radical (unpaired) electrons. The van der Waals surface area contributed by atoms with Crippen molar-refractivity contribution in [3.05, 3.63) is 491 Å². The number of fused-ring (bicyclic) bond motifs is 4. The Labute approximate surface area is 859 Å². The number of nitrogens with one attached hydrogen (secondary N) is 1. The summed E-state index contributed by atoms with van der Waals surface area (Å²) in [4.78, 5) is 93.7. The molecule has 0 saturated heterocycles. The molecule has 20 rings (SSSR count). The molecule has 38 heteroatoms. The Kier molecular flexibility index (Phi) is 32.3. The first kappa shape index (κ1) is 102. The summed E-state index contributed by atoms with van der Waals surface area (Å²) in [6.07, 6.45) is 6.21. The summed E-state index contributed by atoms with van der Waals surface area (Å²) in [5.41, 5.74) is 9.56. The molecule has 4 amide bonds. The molecule has 0 unspecified atom stereocenters. The number of carbonyl (C=O) groups is 4. The third-order valence-electron chi connectivity index (χ3n) is 24.0. The molecule has 8 heterocycles. The minimum Gasteiger partial charge on any atom is -0.496 e. The summed E-state index contributed by atoms with van der Waals surface area (Å²) in [6, 6.07) is 92.7. The van der Waals surface area contributed by atoms with Crippen molar-refractivity contribution in [2.45, 2.75) is 78.5 Å². The van der Waals surface area contributed by atoms with Crippen molar-refractivity contribution >= 4 is 83.3 Å². The van der Waals surface area contributed by atoms with Gasteiger partial charge in [0.05, 0.1) is 134 Å². The maximum absolute atomic E-state index is 14.6. The van der Waals surface area contributed by atoms with E-state index in [1.807, 2.05) is 126 Å². The molecular formula is C112H82BrF6N25O6. The normalized spacial score (nSPS) is 10.8. The second-order valence-electron chi connectivity index (χ2n) is 34.1. The zero-order chi connectivity index (χ0) is 105. The topological polar surface area (TPSA) is 393 Å². The number of hydrogen-bond acceptors (Lipinski definition) is 22. The van der Waals surface area contributed by atoms with Crippen molar-refractivity contribution in [3.8, 4) is 30.0 Å². The van der Waals surface area contributed by atoms with E-state index in [0.29, 0.717) is 112 Å². The van der Waals surface area contributed by atoms with Crippen LogP contribution in [0.1, 0.15) is 132 Å². The van der Waals surface area contributed by atoms with E-state index >= 15 is 0 Å². The molecule has 0 atom stereocenters. The number of halogens is 7. The average molecular weight is 2070 g/mol. The number of nitrogens with zero attached hydrogens (tertiary/aromatic N) is 24. The first-order valence-electron chi connectivity index (χ1n) is 46.3. The van der Waals surface area contributed by atoms with Crippen LogP contribution in [0, 0.1) is 80.2 Å². The van der Waals surface area contributed by atoms with Crippen LogP contribution in [0.5, 0.6) is 5.75 Å². The number of pyridine rings is 3. The SMILES string of the molecule is COc1cc(C(=O)N(Cc2ccc(F)cc2F)Cc2nncn2Cc2ccc(C#N)cc2)nc2ccccc12.N#Cc1ccc(Cn2cnnc2CN(Cc2ccc(Br)cc2)C(=O)c2ccc3ccccc3n2)cc1.N#Cc1ccc(Cn2cnnc2CN(Cc2ccc(F)cc2F)C(=O)c2nc3ccccc3[nH]c2=O)cc1.N#Cc1ccc(Cn2cnnc2CN(Cc2cccc(F)c2F)C(=O)c2ccc3ccccc3n2)cc1. The Morgan fingerprint density at radius 3 is 1.13 bits per heavy atom. The van der Waals surface area contributed by atoms with E-state index in [0.717, 1.165) is 84.3 Å². The number of amides is 4. The fraction of sp³-hybridized carbons (Fsp3) is 0.116. The van der Waals surface area contributed by atoms with Gasteiger partial charge in [-0.2, -0.15) is 21.0 Å². The van der Waals surface area contributed by atoms with Gasteiger partial charge >= 0.3 is 0 Å². The second kappa shape index (κ2) is 47.7. The van der Waals surface area contributed by atoms with Crippen molar-refractivity contribution in [2.75, 3.05) is 7.11 Å². The molecule has 0 aliphatic rings. The molecule has 0 bridgehead atoms. The highest BCUT2D eigenvalue weighted by Crippen LogP contribution is 2.30. The summed E-state index contributed by atoms with van der Waals surface area (Å²) >= 11 is 3.47. The third kappa shape index (κ3) is 25.4. The third-order valence-corrected chi connectivity index (χ3v) is 24.5. The number of ether oxygens (including phenoxy) is 1. The molecule has 150 heavy (non-hydrogen) atoms. The van der Waals surface area contributed by atoms with Gasteiger partial charge in [0.1, 0.15) is 71.4 Å². The molecule has 8 aromatic heterocycles. The van der Waals surface area contributed by atoms with Crippen molar-refractivity contribution in [2.24, 2.45) is 0 Å². The minimum atomic E-state index is -1.01. The summed E-state index contributed by atoms with van der Waals surface area (Å²) in [6.45, 7) is 1.51. The lowest BCUT2D eigenvalue weighted by molar-refractivity contribution is 0.0708. The summed E-state index contributed by atoms with van der Waals surface area (Å²) in [7, 11) is 1.51. The van der Waals surface area contributed by atoms with Gasteiger partial charge in [-0.15, -0.1) is 40.8 Å². The molecule has 0 spiro atoms. The quantitative estimate of drug-likeness (QED) is 0.0425. The van der Waals surface area contributed by atoms with Crippen LogP contribution in [0.2, 0.25) is 0 Å². The van der Waals surface area contributed by atoms with Gasteiger partial charge in [-0.05, 0) is 155 Å². The molecule has 1 N–H and O–H groups in total. The summed E-state index contributed by atoms with van der Waals surface area (Å²) in [5.74, 6) is -4.55. The predicted molar refractivity (Wildman–Crippen MR) is 543 cm³/mol. The van der Waals surface area contributed by atoms with Crippen LogP contribution in [0.15, 0.2) is 338 Å². The van der Waals surface area contributed by atoms with Gasteiger partial charge in [0.15, 0.2) is 40.6 Å². The fourth-order valence-corrected chi connectivity index (χ4v) is 16.4. The maximum Gasteiger partial charge on any atom is 0.280 e. The number of rotatable bonds is 29. The van der Waals surface area contributed by atoms with E-state index in [4.69, 9.17) is 25.8 Å². The molecule has 0 fully saturated rings. The predicted octanol–water partition coefficient (Wildman–Crippen LogP) is 18.6. The first-order chi connectivity index (χ1) is 72.9. The van der Waals surface area contributed by atoms with Crippen molar-refractivity contribution in [3.63, 3.8) is 0 Å². The maximum atomic E-state index is 14.6. The van der Waals surface area contributed by atoms with Crippen LogP contribution in [0.25, 0.3) is 43.7 Å². The highest BCUT2D eigenvalue weighted by molar-refractivity contribution is 9.10. The number of H-pyrrole nitrogens is 1. The van der Waals surface area contributed by atoms with Crippen molar-refractivity contribution < 1.29 is 50.3 Å². The molecule has 12 aromatic carbocycles. The van der Waals surface area contributed by atoms with E-state index in [9.17, 15) is 50.3 Å². The van der Waals surface area contributed by atoms with Gasteiger partial charge in [0, 0.05) is 81.7 Å². The minimum absolute atomic E-state index is 0.0143. The zero-order valence-electron chi connectivity index (χ0n) is 79.5. The number of carbonyl (C=O) groups excluding carboxylic acids is 4. The van der Waals surface area contributed by atoms with Crippen LogP contribution in [0.4, 0.5) is 26.3 Å². The van der Waals surface area contributed by atoms with Gasteiger partial charge in [0.2, 0.25) is 0 Å². The largest absolute Gasteiger partial charge is 0.496 e. The van der Waals surface area contributed by atoms with Gasteiger partial charge < -0.3 is 47.6 Å². The Balaban J connectivity index is 0.000000136. The molecule has 740 valence electrons. The van der Waals surface area contributed by atoms with Gasteiger partial charge in [0.25, 0.3) is 29.2 Å². The smallest absolute Gasteiger partial charge is 0.280 e. The van der Waals surface area contributed by atoms with Crippen molar-refractivity contribution in [1.82, 2.24) is 104 Å². The van der Waals surface area contributed by atoms with Crippen LogP contribution < -0.4 is 10.3 Å². The van der Waals surface area contributed by atoms with Gasteiger partial charge in [-0.1, -0.05) is 174 Å². The van der Waals surface area contributed by atoms with E-state index < -0.39 is 58.2 Å². The zero-order valence-corrected chi connectivity index (χ0v) is 81.1. The second-order valence-corrected chi connectivity index (χ2v) is 35.0. The van der Waals surface area contributed by atoms with E-state index in [1.165, 1.54) is 65.1 Å². The fourth-order valence-electron chi connectivity index (χ4n) is 16.1. The Morgan fingerprint density at radius 1 is 0.347 bits per heavy atom. The van der Waals surface area contributed by atoms with E-state index in [1.54, 1.807) is 152 Å². The monoisotopic (exact) mass is 2070 g/mol. The lowest BCUT2D eigenvalue weighted by Gasteiger charge is -2.23. The van der Waals surface area contributed by atoms with Crippen LogP contribution in [-0.4, -0.2) is 134 Å². The Bertz CT molecular complexity index is 8610. The summed E-state index contributed by atoms with van der Waals surface area (Å²) in [5, 5.41) is 71.6. The van der Waals surface area contributed by atoms with Crippen LogP contribution >= 0.6 is 15.9 Å². The lowest BCUT2D eigenvalue weighted by Crippen LogP contribution is -2.36. The molecule has 0 saturated carbocycles. The Hall–Kier alpha value is -19.7. The number of nitriles is 4. The standard InChI is InChI=1S/C29H22F2N6O2.C28H21BrN6O.C28H20F2N6O.C27H19F2N7O2/c1-39-27-13-26(34-25-5-3-2-4-23(25)27)29(38)36(16-21-10-11-22(30)12-24(21)31)17-28-35-33-18-37(28)15-20-8-6-19(14-32)7-9-20;29-24-12-9-22(10-13-24)16-34(28(36)26-14-11-23-3-1-2-4-25(23)32-26)18-27-33-31-19-35(27)17-21-7-5-20(15-30)6-8-21;29-23-6-3-5-22(27(23)30)16-35(28(37)25-13-12-21-4-1-2-7-24(21)33-25)17-26-34-32-18-36(26)15-20-10-8-19(14-31)9-11-20;28-20-10-9-19(21(29)11-20)14-35(27(38)25-26(37)33-23-4-2-1-3-22(23)32-25)15-24-34-31-16-36(24)13-18-7-5-17(12-30)6-8-18/h2-13,18H,15-17H2,1H3;1-14,19H,16-18H2;1-13,18H,15-17H2;1-11,16H,13-15H2,(H,33,37). The average Bonchev–Trinajstić information content (AvgIpc) is 1.34. The van der Waals surface area contributed by atoms with Crippen molar-refractivity contribution in [1.29, 1.82) is 21.0 Å². The Morgan fingerprint density at radius 2 is 0.713 bits per heavy atom. The van der Waals surface area contributed by atoms with E-state index in [-0.39, 0.29) is 85.5 Å². The van der Waals surface area contributed by atoms with Crippen LogP contribution in [-0.2, 0) is 78.5 Å². The number of hydrogen-bond donors (Lipinski definition) is 1. The number of benzene rings is 12. The van der Waals surface area contributed by atoms with Gasteiger partial charge in [-0.3, -0.25) is 24.0 Å². The molecule has 0 aliphatic heterocycles. The van der Waals surface area contributed by atoms with Gasteiger partial charge in [-0.25, -0.2) is 46.3 Å². The highest BCUT2D eigenvalue weighted by atomic mass is 79.9. The molecule has 31 nitrogen and oxygen atoms in total. The lowest BCUT2D eigenvalue weighted by atomic mass is 10.1. The van der Waals surface area contributed by atoms with E-state index in [2.05, 4.69) is 106 Å². The number of aromatic nitrogens is 17. The highest BCUT2D eigenvalue weighted by Gasteiger charge is 2.30. The number of para-hydroxylation sites is 5. The summed E-state index contributed by atoms with van der Waals surface area (Å²) < 4.78 is 98.4.